The number of rotatable bonds is 3. The molecule has 5 rings (SSSR count). The number of amides is 1. The van der Waals surface area contributed by atoms with E-state index in [0.29, 0.717) is 51.7 Å². The zero-order valence-corrected chi connectivity index (χ0v) is 21.0. The van der Waals surface area contributed by atoms with Gasteiger partial charge in [-0.1, -0.05) is 29.8 Å². The Kier molecular flexibility index (Phi) is 6.27. The number of hydrogen-bond donors (Lipinski definition) is 0. The second-order valence-electron chi connectivity index (χ2n) is 8.53. The fraction of sp³-hybridized carbons (Fsp3) is 0.292. The van der Waals surface area contributed by atoms with E-state index < -0.39 is 23.2 Å². The number of piperazine rings is 1. The van der Waals surface area contributed by atoms with Crippen LogP contribution in [0.4, 0.5) is 14.6 Å². The molecule has 0 unspecified atom stereocenters. The summed E-state index contributed by atoms with van der Waals surface area (Å²) in [5.74, 6) is -1.14. The highest BCUT2D eigenvalue weighted by Crippen LogP contribution is 2.46. The molecule has 35 heavy (non-hydrogen) atoms. The first-order chi connectivity index (χ1) is 16.7. The summed E-state index contributed by atoms with van der Waals surface area (Å²) in [6.07, 6.45) is 0. The topological polar surface area (TPSA) is 58.4 Å². The lowest BCUT2D eigenvalue weighted by Gasteiger charge is -2.41. The molecule has 1 saturated heterocycles. The highest BCUT2D eigenvalue weighted by molar-refractivity contribution is 7.99. The van der Waals surface area contributed by atoms with Crippen LogP contribution in [0.15, 0.2) is 46.4 Å². The number of benzene rings is 2. The third-order valence-corrected chi connectivity index (χ3v) is 7.87. The molecule has 11 heteroatoms. The first kappa shape index (κ1) is 24.1. The van der Waals surface area contributed by atoms with Crippen LogP contribution in [0.5, 0.6) is 0 Å². The molecule has 182 valence electrons. The Hall–Kier alpha value is -2.62. The van der Waals surface area contributed by atoms with Crippen LogP contribution < -0.4 is 10.6 Å². The summed E-state index contributed by atoms with van der Waals surface area (Å²) in [6, 6.07) is 5.74. The number of carbonyl (C=O) groups excluding carboxylic acids is 1. The first-order valence-corrected chi connectivity index (χ1v) is 12.7. The standard InChI is InChI=1S/C24H20Cl2F2N4O2S/c1-12-11-30(23(33)13(2)27)3-4-31(12)22-17-10-18(26)19(14-7-15(25)9-16(28)8-14)21-20(17)32(5-6-35-21)24(34)29-22/h7-10,12H,2-6,11H2,1H3/t12-/m0/s1. The van der Waals surface area contributed by atoms with Crippen LogP contribution in [0.25, 0.3) is 22.0 Å². The van der Waals surface area contributed by atoms with Gasteiger partial charge in [0.15, 0.2) is 5.83 Å². The van der Waals surface area contributed by atoms with Crippen LogP contribution in [0, 0.1) is 5.82 Å². The van der Waals surface area contributed by atoms with Crippen molar-refractivity contribution in [1.29, 1.82) is 0 Å². The molecule has 1 amide bonds. The van der Waals surface area contributed by atoms with Gasteiger partial charge in [0.25, 0.3) is 5.91 Å². The number of nitrogens with zero attached hydrogens (tertiary/aromatic N) is 4. The van der Waals surface area contributed by atoms with Gasteiger partial charge in [0.1, 0.15) is 11.6 Å². The van der Waals surface area contributed by atoms with E-state index in [-0.39, 0.29) is 24.2 Å². The highest BCUT2D eigenvalue weighted by Gasteiger charge is 2.32. The molecule has 6 nitrogen and oxygen atoms in total. The lowest BCUT2D eigenvalue weighted by atomic mass is 10.0. The molecule has 0 aliphatic carbocycles. The maximum atomic E-state index is 14.2. The SMILES string of the molecule is C=C(F)C(=O)N1CCN(c2nc(=O)n3c4c(c(-c5cc(F)cc(Cl)c5)c(Cl)cc24)SCC3)[C@@H](C)C1. The van der Waals surface area contributed by atoms with E-state index in [9.17, 15) is 18.4 Å². The Morgan fingerprint density at radius 3 is 2.66 bits per heavy atom. The first-order valence-electron chi connectivity index (χ1n) is 10.9. The van der Waals surface area contributed by atoms with Crippen LogP contribution in [0.1, 0.15) is 6.92 Å². The Morgan fingerprint density at radius 1 is 1.20 bits per heavy atom. The molecular formula is C24H20Cl2F2N4O2S. The molecule has 0 N–H and O–H groups in total. The van der Waals surface area contributed by atoms with Gasteiger partial charge in [-0.25, -0.2) is 13.6 Å². The summed E-state index contributed by atoms with van der Waals surface area (Å²) in [5, 5.41) is 1.31. The van der Waals surface area contributed by atoms with Crippen molar-refractivity contribution in [1.82, 2.24) is 14.5 Å². The van der Waals surface area contributed by atoms with Gasteiger partial charge in [-0.3, -0.25) is 9.36 Å². The number of anilines is 1. The quantitative estimate of drug-likeness (QED) is 0.434. The minimum Gasteiger partial charge on any atom is -0.350 e. The zero-order chi connectivity index (χ0) is 25.0. The number of thioether (sulfide) groups is 1. The summed E-state index contributed by atoms with van der Waals surface area (Å²) < 4.78 is 29.2. The van der Waals surface area contributed by atoms with Crippen LogP contribution in [0.3, 0.4) is 0 Å². The van der Waals surface area contributed by atoms with Crippen LogP contribution in [0.2, 0.25) is 10.0 Å². The Bertz CT molecular complexity index is 1440. The maximum absolute atomic E-state index is 14.2. The molecule has 1 fully saturated rings. The minimum absolute atomic E-state index is 0.238. The summed E-state index contributed by atoms with van der Waals surface area (Å²) >= 11 is 14.4. The number of aromatic nitrogens is 2. The van der Waals surface area contributed by atoms with Crippen molar-refractivity contribution in [2.45, 2.75) is 24.4 Å². The maximum Gasteiger partial charge on any atom is 0.350 e. The number of hydrogen-bond acceptors (Lipinski definition) is 5. The molecule has 1 aromatic heterocycles. The third-order valence-electron chi connectivity index (χ3n) is 6.28. The number of halogens is 4. The van der Waals surface area contributed by atoms with Gasteiger partial charge in [0, 0.05) is 58.8 Å². The molecule has 0 spiro atoms. The van der Waals surface area contributed by atoms with Gasteiger partial charge in [-0.2, -0.15) is 4.98 Å². The van der Waals surface area contributed by atoms with Crippen molar-refractivity contribution in [3.05, 3.63) is 63.0 Å². The summed E-state index contributed by atoms with van der Waals surface area (Å²) in [5.41, 5.74) is 1.41. The van der Waals surface area contributed by atoms with Crippen molar-refractivity contribution >= 4 is 57.6 Å². The molecule has 3 aromatic rings. The van der Waals surface area contributed by atoms with Gasteiger partial charge in [0.05, 0.1) is 10.5 Å². The second kappa shape index (κ2) is 9.11. The summed E-state index contributed by atoms with van der Waals surface area (Å²) in [6.45, 7) is 6.32. The van der Waals surface area contributed by atoms with E-state index in [0.717, 1.165) is 4.90 Å². The fourth-order valence-electron chi connectivity index (χ4n) is 4.76. The number of aryl methyl sites for hydroxylation is 1. The highest BCUT2D eigenvalue weighted by atomic mass is 35.5. The Labute approximate surface area is 214 Å². The molecule has 3 heterocycles. The van der Waals surface area contributed by atoms with Gasteiger partial charge in [-0.05, 0) is 36.8 Å². The van der Waals surface area contributed by atoms with Crippen LogP contribution in [-0.4, -0.2) is 51.8 Å². The van der Waals surface area contributed by atoms with Crippen molar-refractivity contribution in [3.63, 3.8) is 0 Å². The lowest BCUT2D eigenvalue weighted by molar-refractivity contribution is -0.129. The fourth-order valence-corrected chi connectivity index (χ4v) is 6.56. The molecule has 0 radical (unpaired) electrons. The van der Waals surface area contributed by atoms with Crippen molar-refractivity contribution in [3.8, 4) is 11.1 Å². The molecule has 2 aliphatic heterocycles. The van der Waals surface area contributed by atoms with Crippen molar-refractivity contribution in [2.24, 2.45) is 0 Å². The normalized spacial score (nSPS) is 17.7. The van der Waals surface area contributed by atoms with E-state index in [4.69, 9.17) is 23.2 Å². The average Bonchev–Trinajstić information content (AvgIpc) is 2.80. The van der Waals surface area contributed by atoms with Gasteiger partial charge < -0.3 is 9.80 Å². The lowest BCUT2D eigenvalue weighted by Crippen LogP contribution is -2.54. The Balaban J connectivity index is 1.68. The van der Waals surface area contributed by atoms with E-state index >= 15 is 0 Å². The third kappa shape index (κ3) is 4.19. The van der Waals surface area contributed by atoms with E-state index in [1.165, 1.54) is 17.0 Å². The van der Waals surface area contributed by atoms with Crippen LogP contribution in [-0.2, 0) is 11.3 Å². The second-order valence-corrected chi connectivity index (χ2v) is 10.5. The van der Waals surface area contributed by atoms with Gasteiger partial charge in [0.2, 0.25) is 0 Å². The molecule has 0 bridgehead atoms. The van der Waals surface area contributed by atoms with Crippen molar-refractivity contribution < 1.29 is 13.6 Å². The molecule has 2 aromatic carbocycles. The molecule has 1 atom stereocenters. The molecular weight excluding hydrogens is 517 g/mol. The van der Waals surface area contributed by atoms with E-state index in [1.54, 1.807) is 28.5 Å². The van der Waals surface area contributed by atoms with E-state index in [1.807, 2.05) is 11.8 Å². The van der Waals surface area contributed by atoms with E-state index in [2.05, 4.69) is 11.6 Å². The predicted molar refractivity (Wildman–Crippen MR) is 136 cm³/mol. The summed E-state index contributed by atoms with van der Waals surface area (Å²) in [4.78, 5) is 33.6. The molecule has 0 saturated carbocycles. The van der Waals surface area contributed by atoms with Crippen molar-refractivity contribution in [2.75, 3.05) is 30.3 Å². The summed E-state index contributed by atoms with van der Waals surface area (Å²) in [7, 11) is 0. The Morgan fingerprint density at radius 2 is 1.97 bits per heavy atom. The monoisotopic (exact) mass is 536 g/mol. The largest absolute Gasteiger partial charge is 0.350 e. The zero-order valence-electron chi connectivity index (χ0n) is 18.7. The minimum atomic E-state index is -1.00. The van der Waals surface area contributed by atoms with Gasteiger partial charge >= 0.3 is 5.69 Å². The number of carbonyl (C=O) groups is 1. The smallest absolute Gasteiger partial charge is 0.350 e. The van der Waals surface area contributed by atoms with Crippen LogP contribution >= 0.6 is 35.0 Å². The molecule has 2 aliphatic rings. The van der Waals surface area contributed by atoms with Gasteiger partial charge in [-0.15, -0.1) is 11.8 Å². The predicted octanol–water partition coefficient (Wildman–Crippen LogP) is 5.14. The average molecular weight is 537 g/mol.